The van der Waals surface area contributed by atoms with E-state index in [-0.39, 0.29) is 0 Å². The third kappa shape index (κ3) is 6.50. The number of nitrogens with one attached hydrogen (secondary N) is 1. The average molecular weight is 287 g/mol. The van der Waals surface area contributed by atoms with Gasteiger partial charge in [0, 0.05) is 25.2 Å². The number of piperazine rings is 1. The highest BCUT2D eigenvalue weighted by Crippen LogP contribution is 2.16. The van der Waals surface area contributed by atoms with E-state index in [0.29, 0.717) is 6.04 Å². The normalized spacial score (nSPS) is 25.1. The highest BCUT2D eigenvalue weighted by Gasteiger charge is 2.27. The van der Waals surface area contributed by atoms with Crippen molar-refractivity contribution in [3.63, 3.8) is 0 Å². The molecule has 0 bridgehead atoms. The lowest BCUT2D eigenvalue weighted by atomic mass is 9.98. The number of hydrogen-bond donors (Lipinski definition) is 1. The summed E-state index contributed by atoms with van der Waals surface area (Å²) < 4.78 is 0. The second-order valence-corrected chi connectivity index (χ2v) is 7.21. The number of hydrogen-bond acceptors (Lipinski definition) is 3. The van der Waals surface area contributed by atoms with Gasteiger partial charge >= 0.3 is 0 Å². The van der Waals surface area contributed by atoms with Crippen molar-refractivity contribution in [3.05, 3.63) is 0 Å². The molecule has 2 nitrogen and oxygen atoms in total. The summed E-state index contributed by atoms with van der Waals surface area (Å²) in [5.74, 6) is 2.09. The molecule has 0 saturated carbocycles. The monoisotopic (exact) mass is 286 g/mol. The fourth-order valence-corrected chi connectivity index (χ4v) is 3.41. The molecule has 0 radical (unpaired) electrons. The molecule has 1 fully saturated rings. The van der Waals surface area contributed by atoms with Gasteiger partial charge < -0.3 is 5.32 Å². The predicted octanol–water partition coefficient (Wildman–Crippen LogP) is 3.62. The summed E-state index contributed by atoms with van der Waals surface area (Å²) in [5.41, 5.74) is 0. The fraction of sp³-hybridized carbons (Fsp3) is 1.00. The van der Waals surface area contributed by atoms with Crippen molar-refractivity contribution in [2.75, 3.05) is 31.6 Å². The van der Waals surface area contributed by atoms with Gasteiger partial charge in [-0.1, -0.05) is 33.6 Å². The minimum Gasteiger partial charge on any atom is -0.311 e. The number of thioether (sulfide) groups is 1. The van der Waals surface area contributed by atoms with E-state index < -0.39 is 0 Å². The number of nitrogens with zero attached hydrogens (tertiary/aromatic N) is 1. The van der Waals surface area contributed by atoms with Gasteiger partial charge in [-0.05, 0) is 43.7 Å². The zero-order valence-electron chi connectivity index (χ0n) is 13.5. The van der Waals surface area contributed by atoms with Crippen LogP contribution >= 0.6 is 11.8 Å². The van der Waals surface area contributed by atoms with Crippen LogP contribution in [0.5, 0.6) is 0 Å². The summed E-state index contributed by atoms with van der Waals surface area (Å²) in [7, 11) is 0. The first-order chi connectivity index (χ1) is 9.19. The molecule has 0 spiro atoms. The molecule has 0 aromatic carbocycles. The molecule has 0 amide bonds. The van der Waals surface area contributed by atoms with Crippen LogP contribution in [0.4, 0.5) is 0 Å². The van der Waals surface area contributed by atoms with Gasteiger partial charge in [-0.15, -0.1) is 0 Å². The molecule has 3 heteroatoms. The molecule has 1 aliphatic rings. The van der Waals surface area contributed by atoms with Gasteiger partial charge in [0.25, 0.3) is 0 Å². The summed E-state index contributed by atoms with van der Waals surface area (Å²) in [4.78, 5) is 2.75. The molecule has 0 aliphatic carbocycles. The van der Waals surface area contributed by atoms with E-state index in [9.17, 15) is 0 Å². The summed E-state index contributed by atoms with van der Waals surface area (Å²) in [6.45, 7) is 10.7. The van der Waals surface area contributed by atoms with Crippen LogP contribution in [0.2, 0.25) is 0 Å². The maximum atomic E-state index is 3.72. The fourth-order valence-electron chi connectivity index (χ4n) is 2.92. The zero-order chi connectivity index (χ0) is 14.1. The lowest BCUT2D eigenvalue weighted by Gasteiger charge is -2.41. The van der Waals surface area contributed by atoms with Gasteiger partial charge in [-0.3, -0.25) is 4.90 Å². The Bertz CT molecular complexity index is 221. The smallest absolute Gasteiger partial charge is 0.0218 e. The standard InChI is InChI=1S/C16H34N2S/c1-5-15-12-17-16(14(2)3)13-18(15)10-8-6-7-9-11-19-4/h14-17H,5-13H2,1-4H3. The molecule has 19 heavy (non-hydrogen) atoms. The Balaban J connectivity index is 2.23. The van der Waals surface area contributed by atoms with Crippen molar-refractivity contribution in [1.29, 1.82) is 0 Å². The van der Waals surface area contributed by atoms with E-state index >= 15 is 0 Å². The predicted molar refractivity (Wildman–Crippen MR) is 89.1 cm³/mol. The maximum Gasteiger partial charge on any atom is 0.0218 e. The first-order valence-corrected chi connectivity index (χ1v) is 9.54. The maximum absolute atomic E-state index is 3.72. The van der Waals surface area contributed by atoms with Crippen molar-refractivity contribution in [1.82, 2.24) is 10.2 Å². The summed E-state index contributed by atoms with van der Waals surface area (Å²) in [5, 5.41) is 3.72. The summed E-state index contributed by atoms with van der Waals surface area (Å²) in [6, 6.07) is 1.46. The van der Waals surface area contributed by atoms with Gasteiger partial charge in [-0.25, -0.2) is 0 Å². The molecule has 2 unspecified atom stereocenters. The highest BCUT2D eigenvalue weighted by molar-refractivity contribution is 7.98. The summed E-state index contributed by atoms with van der Waals surface area (Å²) >= 11 is 1.98. The molecule has 1 rings (SSSR count). The van der Waals surface area contributed by atoms with Crippen molar-refractivity contribution in [3.8, 4) is 0 Å². The van der Waals surface area contributed by atoms with E-state index in [0.717, 1.165) is 12.0 Å². The molecule has 1 heterocycles. The van der Waals surface area contributed by atoms with Crippen LogP contribution < -0.4 is 5.32 Å². The molecular formula is C16H34N2S. The lowest BCUT2D eigenvalue weighted by Crippen LogP contribution is -2.57. The largest absolute Gasteiger partial charge is 0.311 e. The minimum absolute atomic E-state index is 0.694. The van der Waals surface area contributed by atoms with Gasteiger partial charge in [0.2, 0.25) is 0 Å². The van der Waals surface area contributed by atoms with Crippen LogP contribution in [0.1, 0.15) is 52.9 Å². The van der Waals surface area contributed by atoms with Crippen molar-refractivity contribution in [2.45, 2.75) is 65.0 Å². The molecular weight excluding hydrogens is 252 g/mol. The van der Waals surface area contributed by atoms with E-state index in [1.165, 1.54) is 57.5 Å². The van der Waals surface area contributed by atoms with Crippen molar-refractivity contribution < 1.29 is 0 Å². The van der Waals surface area contributed by atoms with Crippen molar-refractivity contribution >= 4 is 11.8 Å². The molecule has 0 aromatic rings. The van der Waals surface area contributed by atoms with Crippen LogP contribution in [0, 0.1) is 5.92 Å². The Morgan fingerprint density at radius 1 is 1.21 bits per heavy atom. The Morgan fingerprint density at radius 3 is 2.58 bits per heavy atom. The average Bonchev–Trinajstić information content (AvgIpc) is 2.42. The molecule has 1 N–H and O–H groups in total. The topological polar surface area (TPSA) is 15.3 Å². The van der Waals surface area contributed by atoms with E-state index in [1.807, 2.05) is 11.8 Å². The third-order valence-corrected chi connectivity index (χ3v) is 5.08. The Hall–Kier alpha value is 0.270. The Kier molecular flexibility index (Phi) is 9.17. The molecule has 2 atom stereocenters. The van der Waals surface area contributed by atoms with E-state index in [2.05, 4.69) is 37.2 Å². The molecule has 114 valence electrons. The van der Waals surface area contributed by atoms with Gasteiger partial charge in [0.1, 0.15) is 0 Å². The van der Waals surface area contributed by atoms with Gasteiger partial charge in [0.15, 0.2) is 0 Å². The lowest BCUT2D eigenvalue weighted by molar-refractivity contribution is 0.108. The quantitative estimate of drug-likeness (QED) is 0.652. The van der Waals surface area contributed by atoms with Crippen LogP contribution in [0.15, 0.2) is 0 Å². The van der Waals surface area contributed by atoms with Gasteiger partial charge in [0.05, 0.1) is 0 Å². The van der Waals surface area contributed by atoms with E-state index in [1.54, 1.807) is 0 Å². The zero-order valence-corrected chi connectivity index (χ0v) is 14.3. The van der Waals surface area contributed by atoms with Crippen LogP contribution in [-0.2, 0) is 0 Å². The first-order valence-electron chi connectivity index (χ1n) is 8.15. The second kappa shape index (κ2) is 10.1. The second-order valence-electron chi connectivity index (χ2n) is 6.22. The van der Waals surface area contributed by atoms with Crippen LogP contribution in [-0.4, -0.2) is 48.6 Å². The molecule has 0 aromatic heterocycles. The number of rotatable bonds is 9. The SMILES string of the molecule is CCC1CNC(C(C)C)CN1CCCCCCSC. The summed E-state index contributed by atoms with van der Waals surface area (Å²) in [6.07, 6.45) is 9.10. The minimum atomic E-state index is 0.694. The van der Waals surface area contributed by atoms with Crippen LogP contribution in [0.3, 0.4) is 0 Å². The van der Waals surface area contributed by atoms with Crippen molar-refractivity contribution in [2.24, 2.45) is 5.92 Å². The number of unbranched alkanes of at least 4 members (excludes halogenated alkanes) is 3. The molecule has 1 aliphatic heterocycles. The Labute approximate surface area is 125 Å². The highest BCUT2D eigenvalue weighted by atomic mass is 32.2. The first kappa shape index (κ1) is 17.3. The van der Waals surface area contributed by atoms with Crippen LogP contribution in [0.25, 0.3) is 0 Å². The van der Waals surface area contributed by atoms with Gasteiger partial charge in [-0.2, -0.15) is 11.8 Å². The Morgan fingerprint density at radius 2 is 1.95 bits per heavy atom. The van der Waals surface area contributed by atoms with E-state index in [4.69, 9.17) is 0 Å². The molecule has 1 saturated heterocycles. The third-order valence-electron chi connectivity index (χ3n) is 4.38.